The van der Waals surface area contributed by atoms with E-state index in [1.807, 2.05) is 0 Å². The molecule has 0 unspecified atom stereocenters. The lowest BCUT2D eigenvalue weighted by Crippen LogP contribution is -2.11. The molecule has 1 aliphatic rings. The fourth-order valence-corrected chi connectivity index (χ4v) is 1.37. The van der Waals surface area contributed by atoms with Gasteiger partial charge in [-0.2, -0.15) is 8.75 Å². The number of carbonyl (C=O) groups excluding carboxylic acids is 1. The average molecular weight is 183 g/mol. The molecule has 1 fully saturated rings. The Morgan fingerprint density at radius 1 is 1.75 bits per heavy atom. The molecule has 0 aromatic carbocycles. The number of nitrogens with one attached hydrogen (secondary N) is 1. The second kappa shape index (κ2) is 3.18. The zero-order chi connectivity index (χ0) is 8.39. The summed E-state index contributed by atoms with van der Waals surface area (Å²) in [6.07, 6.45) is 4.60. The maximum atomic E-state index is 11.2. The third kappa shape index (κ3) is 2.01. The van der Waals surface area contributed by atoms with E-state index in [1.54, 1.807) is 6.20 Å². The summed E-state index contributed by atoms with van der Waals surface area (Å²) in [7, 11) is 0. The lowest BCUT2D eigenvalue weighted by Gasteiger charge is -1.97. The summed E-state index contributed by atoms with van der Waals surface area (Å²) in [5, 5.41) is 2.69. The fourth-order valence-electron chi connectivity index (χ4n) is 0.998. The Kier molecular flexibility index (Phi) is 2.03. The van der Waals surface area contributed by atoms with E-state index in [1.165, 1.54) is 12.8 Å². The van der Waals surface area contributed by atoms with Crippen LogP contribution in [0.3, 0.4) is 0 Å². The number of aromatic nitrogens is 2. The minimum Gasteiger partial charge on any atom is -0.308 e. The number of anilines is 1. The molecule has 1 aromatic heterocycles. The Hall–Kier alpha value is -0.970. The highest BCUT2D eigenvalue weighted by Crippen LogP contribution is 2.32. The van der Waals surface area contributed by atoms with Crippen LogP contribution in [-0.2, 0) is 4.79 Å². The third-order valence-corrected chi connectivity index (χ3v) is 2.28. The number of hydrogen-bond donors (Lipinski definition) is 1. The summed E-state index contributed by atoms with van der Waals surface area (Å²) in [5.41, 5.74) is 0. The zero-order valence-corrected chi connectivity index (χ0v) is 7.30. The molecule has 1 aromatic rings. The van der Waals surface area contributed by atoms with E-state index < -0.39 is 0 Å². The van der Waals surface area contributed by atoms with Crippen molar-refractivity contribution in [3.63, 3.8) is 0 Å². The molecule has 12 heavy (non-hydrogen) atoms. The molecule has 0 bridgehead atoms. The third-order valence-electron chi connectivity index (χ3n) is 1.80. The highest BCUT2D eigenvalue weighted by molar-refractivity contribution is 6.99. The highest BCUT2D eigenvalue weighted by atomic mass is 32.1. The van der Waals surface area contributed by atoms with Gasteiger partial charge in [0.25, 0.3) is 0 Å². The first-order valence-corrected chi connectivity index (χ1v) is 4.65. The Morgan fingerprint density at radius 3 is 3.17 bits per heavy atom. The average Bonchev–Trinajstić information content (AvgIpc) is 2.66. The van der Waals surface area contributed by atoms with E-state index in [0.717, 1.165) is 11.7 Å². The van der Waals surface area contributed by atoms with Crippen LogP contribution in [0, 0.1) is 5.92 Å². The van der Waals surface area contributed by atoms with Gasteiger partial charge in [0.15, 0.2) is 5.82 Å². The number of rotatable bonds is 3. The Bertz CT molecular complexity index is 268. The second-order valence-electron chi connectivity index (χ2n) is 2.99. The topological polar surface area (TPSA) is 54.9 Å². The van der Waals surface area contributed by atoms with Crippen LogP contribution >= 0.6 is 11.7 Å². The first-order valence-electron chi connectivity index (χ1n) is 3.92. The number of nitrogens with zero attached hydrogens (tertiary/aromatic N) is 2. The molecule has 5 heteroatoms. The van der Waals surface area contributed by atoms with E-state index in [0.29, 0.717) is 18.2 Å². The SMILES string of the molecule is O=C(CC1CC1)Nc1cnsn1. The minimum atomic E-state index is 0.0604. The van der Waals surface area contributed by atoms with Gasteiger partial charge in [0.2, 0.25) is 5.91 Å². The van der Waals surface area contributed by atoms with Gasteiger partial charge in [0.05, 0.1) is 17.9 Å². The maximum Gasteiger partial charge on any atom is 0.225 e. The van der Waals surface area contributed by atoms with Crippen molar-refractivity contribution >= 4 is 23.5 Å². The van der Waals surface area contributed by atoms with Crippen molar-refractivity contribution in [2.75, 3.05) is 5.32 Å². The van der Waals surface area contributed by atoms with E-state index >= 15 is 0 Å². The molecular formula is C7H9N3OS. The van der Waals surface area contributed by atoms with Crippen molar-refractivity contribution < 1.29 is 4.79 Å². The smallest absolute Gasteiger partial charge is 0.225 e. The monoisotopic (exact) mass is 183 g/mol. The highest BCUT2D eigenvalue weighted by Gasteiger charge is 2.24. The van der Waals surface area contributed by atoms with E-state index in [-0.39, 0.29) is 5.91 Å². The standard InChI is InChI=1S/C7H9N3OS/c11-7(3-5-1-2-5)9-6-4-8-12-10-6/h4-5H,1-3H2,(H,9,10,11). The van der Waals surface area contributed by atoms with Gasteiger partial charge in [-0.3, -0.25) is 4.79 Å². The summed E-state index contributed by atoms with van der Waals surface area (Å²) in [5.74, 6) is 1.26. The molecule has 0 atom stereocenters. The fraction of sp³-hybridized carbons (Fsp3) is 0.571. The molecule has 4 nitrogen and oxygen atoms in total. The molecule has 0 saturated heterocycles. The largest absolute Gasteiger partial charge is 0.308 e. The molecule has 1 aliphatic carbocycles. The molecule has 0 aliphatic heterocycles. The normalized spacial score (nSPS) is 16.0. The van der Waals surface area contributed by atoms with Crippen molar-refractivity contribution in [2.24, 2.45) is 5.92 Å². The van der Waals surface area contributed by atoms with Crippen molar-refractivity contribution in [3.8, 4) is 0 Å². The lowest BCUT2D eigenvalue weighted by atomic mass is 10.3. The predicted octanol–water partition coefficient (Wildman–Crippen LogP) is 1.28. The van der Waals surface area contributed by atoms with Crippen molar-refractivity contribution in [1.29, 1.82) is 0 Å². The second-order valence-corrected chi connectivity index (χ2v) is 3.55. The lowest BCUT2D eigenvalue weighted by molar-refractivity contribution is -0.116. The molecular weight excluding hydrogens is 174 g/mol. The van der Waals surface area contributed by atoms with Gasteiger partial charge in [-0.15, -0.1) is 0 Å². The summed E-state index contributed by atoms with van der Waals surface area (Å²) in [6.45, 7) is 0. The van der Waals surface area contributed by atoms with Crippen molar-refractivity contribution in [2.45, 2.75) is 19.3 Å². The van der Waals surface area contributed by atoms with Gasteiger partial charge in [0.1, 0.15) is 0 Å². The molecule has 2 rings (SSSR count). The van der Waals surface area contributed by atoms with Gasteiger partial charge in [-0.25, -0.2) is 0 Å². The quantitative estimate of drug-likeness (QED) is 0.767. The maximum absolute atomic E-state index is 11.2. The van der Waals surface area contributed by atoms with Gasteiger partial charge < -0.3 is 5.32 Å². The Labute approximate surface area is 74.3 Å². The summed E-state index contributed by atoms with van der Waals surface area (Å²) in [6, 6.07) is 0. The summed E-state index contributed by atoms with van der Waals surface area (Å²) < 4.78 is 7.67. The zero-order valence-electron chi connectivity index (χ0n) is 6.49. The van der Waals surface area contributed by atoms with Crippen LogP contribution in [0.1, 0.15) is 19.3 Å². The summed E-state index contributed by atoms with van der Waals surface area (Å²) in [4.78, 5) is 11.2. The number of amides is 1. The van der Waals surface area contributed by atoms with Crippen LogP contribution in [0.15, 0.2) is 6.20 Å². The predicted molar refractivity (Wildman–Crippen MR) is 45.9 cm³/mol. The molecule has 1 amide bonds. The van der Waals surface area contributed by atoms with Crippen LogP contribution in [0.4, 0.5) is 5.82 Å². The van der Waals surface area contributed by atoms with E-state index in [9.17, 15) is 4.79 Å². The van der Waals surface area contributed by atoms with E-state index in [2.05, 4.69) is 14.1 Å². The molecule has 0 spiro atoms. The first kappa shape index (κ1) is 7.67. The van der Waals surface area contributed by atoms with Crippen molar-refractivity contribution in [1.82, 2.24) is 8.75 Å². The molecule has 1 saturated carbocycles. The Morgan fingerprint density at radius 2 is 2.58 bits per heavy atom. The molecule has 1 heterocycles. The number of hydrogen-bond acceptors (Lipinski definition) is 4. The Balaban J connectivity index is 1.82. The molecule has 64 valence electrons. The molecule has 0 radical (unpaired) electrons. The van der Waals surface area contributed by atoms with Crippen LogP contribution in [-0.4, -0.2) is 14.7 Å². The van der Waals surface area contributed by atoms with Crippen LogP contribution in [0.25, 0.3) is 0 Å². The van der Waals surface area contributed by atoms with Crippen LogP contribution in [0.5, 0.6) is 0 Å². The van der Waals surface area contributed by atoms with Crippen molar-refractivity contribution in [3.05, 3.63) is 6.20 Å². The van der Waals surface area contributed by atoms with E-state index in [4.69, 9.17) is 0 Å². The molecule has 1 N–H and O–H groups in total. The summed E-state index contributed by atoms with van der Waals surface area (Å²) >= 11 is 1.10. The first-order chi connectivity index (χ1) is 5.84. The van der Waals surface area contributed by atoms with Gasteiger partial charge in [-0.1, -0.05) is 0 Å². The van der Waals surface area contributed by atoms with Crippen LogP contribution in [0.2, 0.25) is 0 Å². The van der Waals surface area contributed by atoms with Gasteiger partial charge in [-0.05, 0) is 18.8 Å². The van der Waals surface area contributed by atoms with Crippen LogP contribution < -0.4 is 5.32 Å². The number of carbonyl (C=O) groups is 1. The van der Waals surface area contributed by atoms with Gasteiger partial charge in [0, 0.05) is 6.42 Å². The van der Waals surface area contributed by atoms with Gasteiger partial charge >= 0.3 is 0 Å². The minimum absolute atomic E-state index is 0.0604.